The zero-order valence-corrected chi connectivity index (χ0v) is 10.5. The molecule has 0 fully saturated rings. The summed E-state index contributed by atoms with van der Waals surface area (Å²) in [5, 5.41) is 20.2. The summed E-state index contributed by atoms with van der Waals surface area (Å²) >= 11 is 0. The van der Waals surface area contributed by atoms with Gasteiger partial charge in [-0.3, -0.25) is 4.79 Å². The molecule has 0 heterocycles. The first kappa shape index (κ1) is 13.7. The highest BCUT2D eigenvalue weighted by Gasteiger charge is 2.21. The van der Waals surface area contributed by atoms with Crippen molar-refractivity contribution in [3.8, 4) is 12.1 Å². The van der Waals surface area contributed by atoms with Gasteiger partial charge in [-0.2, -0.15) is 10.5 Å². The SMILES string of the molecule is CC(C)C(C#N)C(=O)Nc1ccc(CC#N)cc1. The second-order valence-corrected chi connectivity index (χ2v) is 4.37. The molecule has 0 aliphatic carbocycles. The Kier molecular flexibility index (Phi) is 4.90. The van der Waals surface area contributed by atoms with E-state index < -0.39 is 5.92 Å². The van der Waals surface area contributed by atoms with Gasteiger partial charge in [-0.1, -0.05) is 26.0 Å². The van der Waals surface area contributed by atoms with Crippen molar-refractivity contribution in [3.63, 3.8) is 0 Å². The maximum absolute atomic E-state index is 11.8. The number of hydrogen-bond donors (Lipinski definition) is 1. The Labute approximate surface area is 107 Å². The number of anilines is 1. The molecule has 1 atom stereocenters. The summed E-state index contributed by atoms with van der Waals surface area (Å²) in [7, 11) is 0. The summed E-state index contributed by atoms with van der Waals surface area (Å²) in [6, 6.07) is 11.1. The average Bonchev–Trinajstić information content (AvgIpc) is 2.32. The average molecular weight is 241 g/mol. The predicted molar refractivity (Wildman–Crippen MR) is 68.3 cm³/mol. The quantitative estimate of drug-likeness (QED) is 0.879. The highest BCUT2D eigenvalue weighted by Crippen LogP contribution is 2.15. The number of amides is 1. The van der Waals surface area contributed by atoms with Gasteiger partial charge < -0.3 is 5.32 Å². The van der Waals surface area contributed by atoms with E-state index in [2.05, 4.69) is 11.4 Å². The number of carbonyl (C=O) groups is 1. The Morgan fingerprint density at radius 2 is 1.89 bits per heavy atom. The van der Waals surface area contributed by atoms with Crippen LogP contribution in [-0.4, -0.2) is 5.91 Å². The summed E-state index contributed by atoms with van der Waals surface area (Å²) in [6.45, 7) is 3.67. The number of nitrogens with zero attached hydrogens (tertiary/aromatic N) is 2. The summed E-state index contributed by atoms with van der Waals surface area (Å²) in [5.41, 5.74) is 1.54. The maximum Gasteiger partial charge on any atom is 0.241 e. The molecule has 92 valence electrons. The van der Waals surface area contributed by atoms with Gasteiger partial charge >= 0.3 is 0 Å². The van der Waals surface area contributed by atoms with Crippen molar-refractivity contribution in [2.75, 3.05) is 5.32 Å². The first-order chi connectivity index (χ1) is 8.58. The molecule has 4 heteroatoms. The van der Waals surface area contributed by atoms with Gasteiger partial charge in [0.15, 0.2) is 0 Å². The van der Waals surface area contributed by atoms with Crippen LogP contribution in [0, 0.1) is 34.5 Å². The molecule has 0 radical (unpaired) electrons. The van der Waals surface area contributed by atoms with Crippen LogP contribution in [0.1, 0.15) is 19.4 Å². The van der Waals surface area contributed by atoms with Crippen LogP contribution in [0.25, 0.3) is 0 Å². The van der Waals surface area contributed by atoms with E-state index in [1.165, 1.54) is 0 Å². The normalized spacial score (nSPS) is 11.4. The molecule has 18 heavy (non-hydrogen) atoms. The molecule has 0 aromatic heterocycles. The van der Waals surface area contributed by atoms with Crippen molar-refractivity contribution < 1.29 is 4.79 Å². The summed E-state index contributed by atoms with van der Waals surface area (Å²) in [4.78, 5) is 11.8. The molecule has 1 amide bonds. The molecule has 1 unspecified atom stereocenters. The third kappa shape index (κ3) is 3.61. The molecule has 0 spiro atoms. The fraction of sp³-hybridized carbons (Fsp3) is 0.357. The summed E-state index contributed by atoms with van der Waals surface area (Å²) in [6.07, 6.45) is 0.348. The van der Waals surface area contributed by atoms with Crippen LogP contribution in [0.3, 0.4) is 0 Å². The standard InChI is InChI=1S/C14H15N3O/c1-10(2)13(9-16)14(18)17-12-5-3-11(4-6-12)7-8-15/h3-6,10,13H,7H2,1-2H3,(H,17,18). The van der Waals surface area contributed by atoms with Gasteiger partial charge in [0, 0.05) is 5.69 Å². The van der Waals surface area contributed by atoms with Gasteiger partial charge in [-0.15, -0.1) is 0 Å². The monoisotopic (exact) mass is 241 g/mol. The fourth-order valence-corrected chi connectivity index (χ4v) is 1.53. The highest BCUT2D eigenvalue weighted by molar-refractivity contribution is 5.94. The molecule has 0 aliphatic rings. The number of nitriles is 2. The molecule has 0 aliphatic heterocycles. The van der Waals surface area contributed by atoms with E-state index in [1.807, 2.05) is 19.9 Å². The van der Waals surface area contributed by atoms with Gasteiger partial charge in [-0.05, 0) is 23.6 Å². The van der Waals surface area contributed by atoms with E-state index in [0.717, 1.165) is 5.56 Å². The van der Waals surface area contributed by atoms with E-state index in [9.17, 15) is 4.79 Å². The molecule has 4 nitrogen and oxygen atoms in total. The molecular formula is C14H15N3O. The number of rotatable bonds is 4. The van der Waals surface area contributed by atoms with Gasteiger partial charge in [0.25, 0.3) is 0 Å². The number of carbonyl (C=O) groups excluding carboxylic acids is 1. The minimum Gasteiger partial charge on any atom is -0.325 e. The molecular weight excluding hydrogens is 226 g/mol. The van der Waals surface area contributed by atoms with Gasteiger partial charge in [0.05, 0.1) is 18.6 Å². The minimum absolute atomic E-state index is 0.0205. The highest BCUT2D eigenvalue weighted by atomic mass is 16.1. The van der Waals surface area contributed by atoms with E-state index in [1.54, 1.807) is 24.3 Å². The Morgan fingerprint density at radius 3 is 2.33 bits per heavy atom. The van der Waals surface area contributed by atoms with Gasteiger partial charge in [-0.25, -0.2) is 0 Å². The summed E-state index contributed by atoms with van der Waals surface area (Å²) < 4.78 is 0. The topological polar surface area (TPSA) is 76.7 Å². The van der Waals surface area contributed by atoms with Gasteiger partial charge in [0.2, 0.25) is 5.91 Å². The lowest BCUT2D eigenvalue weighted by Crippen LogP contribution is -2.25. The largest absolute Gasteiger partial charge is 0.325 e. The Hall–Kier alpha value is -2.33. The third-order valence-electron chi connectivity index (χ3n) is 2.59. The van der Waals surface area contributed by atoms with Crippen molar-refractivity contribution in [2.45, 2.75) is 20.3 Å². The van der Waals surface area contributed by atoms with E-state index >= 15 is 0 Å². The molecule has 0 bridgehead atoms. The van der Waals surface area contributed by atoms with Crippen LogP contribution in [0.2, 0.25) is 0 Å². The zero-order chi connectivity index (χ0) is 13.5. The van der Waals surface area contributed by atoms with E-state index in [0.29, 0.717) is 12.1 Å². The first-order valence-corrected chi connectivity index (χ1v) is 5.75. The lowest BCUT2D eigenvalue weighted by atomic mass is 9.96. The van der Waals surface area contributed by atoms with Crippen LogP contribution in [0.15, 0.2) is 24.3 Å². The molecule has 1 N–H and O–H groups in total. The van der Waals surface area contributed by atoms with Crippen molar-refractivity contribution in [1.82, 2.24) is 0 Å². The van der Waals surface area contributed by atoms with E-state index in [-0.39, 0.29) is 11.8 Å². The molecule has 1 aromatic rings. The Bertz CT molecular complexity index is 491. The second kappa shape index (κ2) is 6.42. The Morgan fingerprint density at radius 1 is 1.28 bits per heavy atom. The van der Waals surface area contributed by atoms with Crippen molar-refractivity contribution in [2.24, 2.45) is 11.8 Å². The number of benzene rings is 1. The molecule has 0 saturated heterocycles. The maximum atomic E-state index is 11.8. The zero-order valence-electron chi connectivity index (χ0n) is 10.5. The minimum atomic E-state index is -0.649. The fourth-order valence-electron chi connectivity index (χ4n) is 1.53. The van der Waals surface area contributed by atoms with Gasteiger partial charge in [0.1, 0.15) is 5.92 Å². The van der Waals surface area contributed by atoms with Crippen LogP contribution in [-0.2, 0) is 11.2 Å². The predicted octanol–water partition coefficient (Wildman–Crippen LogP) is 2.49. The van der Waals surface area contributed by atoms with Crippen molar-refractivity contribution in [1.29, 1.82) is 10.5 Å². The van der Waals surface area contributed by atoms with Crippen LogP contribution in [0.5, 0.6) is 0 Å². The summed E-state index contributed by atoms with van der Waals surface area (Å²) in [5.74, 6) is -0.961. The van der Waals surface area contributed by atoms with Crippen LogP contribution < -0.4 is 5.32 Å². The van der Waals surface area contributed by atoms with Crippen LogP contribution >= 0.6 is 0 Å². The Balaban J connectivity index is 2.71. The smallest absolute Gasteiger partial charge is 0.241 e. The molecule has 0 saturated carbocycles. The molecule has 1 rings (SSSR count). The van der Waals surface area contributed by atoms with Crippen molar-refractivity contribution >= 4 is 11.6 Å². The molecule has 1 aromatic carbocycles. The van der Waals surface area contributed by atoms with Crippen LogP contribution in [0.4, 0.5) is 5.69 Å². The lowest BCUT2D eigenvalue weighted by Gasteiger charge is -2.13. The second-order valence-electron chi connectivity index (χ2n) is 4.37. The first-order valence-electron chi connectivity index (χ1n) is 5.75. The lowest BCUT2D eigenvalue weighted by molar-refractivity contribution is -0.119. The number of nitrogens with one attached hydrogen (secondary N) is 1. The number of hydrogen-bond acceptors (Lipinski definition) is 3. The van der Waals surface area contributed by atoms with Crippen molar-refractivity contribution in [3.05, 3.63) is 29.8 Å². The van der Waals surface area contributed by atoms with E-state index in [4.69, 9.17) is 10.5 Å². The third-order valence-corrected chi connectivity index (χ3v) is 2.59.